The fraction of sp³-hybridized carbons (Fsp3) is 0.200. The van der Waals surface area contributed by atoms with Crippen molar-refractivity contribution in [3.63, 3.8) is 0 Å². The molecule has 1 heterocycles. The Labute approximate surface area is 139 Å². The van der Waals surface area contributed by atoms with Crippen LogP contribution in [-0.4, -0.2) is 11.9 Å². The summed E-state index contributed by atoms with van der Waals surface area (Å²) in [5.41, 5.74) is 8.08. The molecule has 0 aliphatic carbocycles. The van der Waals surface area contributed by atoms with Gasteiger partial charge in [-0.05, 0) is 42.0 Å². The fourth-order valence-electron chi connectivity index (χ4n) is 2.20. The highest BCUT2D eigenvalue weighted by atomic mass is 79.9. The van der Waals surface area contributed by atoms with Gasteiger partial charge >= 0.3 is 0 Å². The van der Waals surface area contributed by atoms with E-state index in [1.54, 1.807) is 11.8 Å². The van der Waals surface area contributed by atoms with Crippen molar-refractivity contribution < 1.29 is 4.74 Å². The van der Waals surface area contributed by atoms with Crippen molar-refractivity contribution in [2.45, 2.75) is 17.4 Å². The Kier molecular flexibility index (Phi) is 4.29. The van der Waals surface area contributed by atoms with Gasteiger partial charge in [-0.1, -0.05) is 31.9 Å². The van der Waals surface area contributed by atoms with E-state index in [9.17, 15) is 0 Å². The Bertz CT molecular complexity index is 648. The molecular weight excluding hydrogens is 402 g/mol. The maximum absolute atomic E-state index is 5.99. The van der Waals surface area contributed by atoms with Crippen molar-refractivity contribution in [1.29, 1.82) is 0 Å². The summed E-state index contributed by atoms with van der Waals surface area (Å²) in [6.45, 7) is 0. The van der Waals surface area contributed by atoms with Crippen LogP contribution in [0, 0.1) is 0 Å². The standard InChI is InChI=1S/C15H13Br2NOS/c16-10-2-4-14-9(5-10)6-12(19-14)8-20-15-7-11(17)1-3-13(15)18/h1-5,7,12H,6,8,18H2. The second-order valence-corrected chi connectivity index (χ2v) is 7.58. The van der Waals surface area contributed by atoms with Crippen LogP contribution in [0.2, 0.25) is 0 Å². The topological polar surface area (TPSA) is 35.2 Å². The third-order valence-electron chi connectivity index (χ3n) is 3.16. The minimum absolute atomic E-state index is 0.211. The molecule has 2 aromatic rings. The first-order chi connectivity index (χ1) is 9.61. The number of anilines is 1. The number of benzene rings is 2. The number of rotatable bonds is 3. The molecule has 0 aromatic heterocycles. The zero-order chi connectivity index (χ0) is 14.1. The molecule has 2 N–H and O–H groups in total. The molecule has 0 saturated heterocycles. The van der Waals surface area contributed by atoms with Crippen LogP contribution in [-0.2, 0) is 6.42 Å². The molecule has 0 fully saturated rings. The van der Waals surface area contributed by atoms with Gasteiger partial charge in [-0.25, -0.2) is 0 Å². The molecule has 2 aromatic carbocycles. The van der Waals surface area contributed by atoms with Gasteiger partial charge in [0.05, 0.1) is 0 Å². The molecule has 20 heavy (non-hydrogen) atoms. The maximum atomic E-state index is 5.99. The number of fused-ring (bicyclic) bond motifs is 1. The lowest BCUT2D eigenvalue weighted by atomic mass is 10.1. The predicted octanol–water partition coefficient (Wildman–Crippen LogP) is 4.89. The molecule has 0 spiro atoms. The van der Waals surface area contributed by atoms with Crippen molar-refractivity contribution in [1.82, 2.24) is 0 Å². The van der Waals surface area contributed by atoms with Crippen LogP contribution in [0.3, 0.4) is 0 Å². The van der Waals surface area contributed by atoms with Crippen LogP contribution < -0.4 is 10.5 Å². The summed E-state index contributed by atoms with van der Waals surface area (Å²) in [6.07, 6.45) is 1.16. The lowest BCUT2D eigenvalue weighted by Gasteiger charge is -2.11. The van der Waals surface area contributed by atoms with E-state index in [1.165, 1.54) is 5.56 Å². The molecule has 1 unspecified atom stereocenters. The van der Waals surface area contributed by atoms with Crippen LogP contribution in [0.5, 0.6) is 5.75 Å². The van der Waals surface area contributed by atoms with Gasteiger partial charge < -0.3 is 10.5 Å². The van der Waals surface area contributed by atoms with E-state index in [-0.39, 0.29) is 6.10 Å². The lowest BCUT2D eigenvalue weighted by Crippen LogP contribution is -2.15. The number of hydrogen-bond acceptors (Lipinski definition) is 3. The van der Waals surface area contributed by atoms with Gasteiger partial charge in [0.2, 0.25) is 0 Å². The summed E-state index contributed by atoms with van der Waals surface area (Å²) in [7, 11) is 0. The zero-order valence-electron chi connectivity index (χ0n) is 10.6. The average Bonchev–Trinajstić information content (AvgIpc) is 2.81. The van der Waals surface area contributed by atoms with Crippen molar-refractivity contribution in [2.24, 2.45) is 0 Å². The fourth-order valence-corrected chi connectivity index (χ4v) is 4.12. The SMILES string of the molecule is Nc1ccc(Br)cc1SCC1Cc2cc(Br)ccc2O1. The first kappa shape index (κ1) is 14.3. The third-order valence-corrected chi connectivity index (χ3v) is 5.35. The summed E-state index contributed by atoms with van der Waals surface area (Å²) >= 11 is 8.71. The van der Waals surface area contributed by atoms with Crippen molar-refractivity contribution in [3.8, 4) is 5.75 Å². The minimum Gasteiger partial charge on any atom is -0.489 e. The third kappa shape index (κ3) is 3.15. The highest BCUT2D eigenvalue weighted by Crippen LogP contribution is 2.35. The van der Waals surface area contributed by atoms with Crippen molar-refractivity contribution in [2.75, 3.05) is 11.5 Å². The van der Waals surface area contributed by atoms with E-state index in [0.717, 1.165) is 37.5 Å². The molecule has 2 nitrogen and oxygen atoms in total. The number of hydrogen-bond donors (Lipinski definition) is 1. The summed E-state index contributed by atoms with van der Waals surface area (Å²) in [5.74, 6) is 1.90. The van der Waals surface area contributed by atoms with E-state index < -0.39 is 0 Å². The lowest BCUT2D eigenvalue weighted by molar-refractivity contribution is 0.259. The molecule has 1 aliphatic heterocycles. The molecule has 5 heteroatoms. The smallest absolute Gasteiger partial charge is 0.123 e. The molecule has 104 valence electrons. The minimum atomic E-state index is 0.211. The van der Waals surface area contributed by atoms with E-state index >= 15 is 0 Å². The second kappa shape index (κ2) is 6.00. The van der Waals surface area contributed by atoms with Crippen LogP contribution in [0.25, 0.3) is 0 Å². The summed E-state index contributed by atoms with van der Waals surface area (Å²) in [5, 5.41) is 0. The van der Waals surface area contributed by atoms with Gasteiger partial charge in [0.15, 0.2) is 0 Å². The molecule has 1 atom stereocenters. The van der Waals surface area contributed by atoms with E-state index in [4.69, 9.17) is 10.5 Å². The number of halogens is 2. The Hall–Kier alpha value is -0.650. The molecule has 1 aliphatic rings. The highest BCUT2D eigenvalue weighted by Gasteiger charge is 2.23. The average molecular weight is 415 g/mol. The zero-order valence-corrected chi connectivity index (χ0v) is 14.6. The van der Waals surface area contributed by atoms with Crippen LogP contribution >= 0.6 is 43.6 Å². The number of nitrogens with two attached hydrogens (primary N) is 1. The molecule has 3 rings (SSSR count). The van der Waals surface area contributed by atoms with Gasteiger partial charge in [0.25, 0.3) is 0 Å². The number of ether oxygens (including phenoxy) is 1. The largest absolute Gasteiger partial charge is 0.489 e. The first-order valence-corrected chi connectivity index (χ1v) is 8.82. The summed E-state index contributed by atoms with van der Waals surface area (Å²) < 4.78 is 8.11. The van der Waals surface area contributed by atoms with Gasteiger partial charge in [-0.3, -0.25) is 0 Å². The van der Waals surface area contributed by atoms with E-state index in [1.807, 2.05) is 24.3 Å². The Balaban J connectivity index is 1.65. The Morgan fingerprint density at radius 1 is 1.15 bits per heavy atom. The van der Waals surface area contributed by atoms with Gasteiger partial charge in [-0.2, -0.15) is 0 Å². The molecule has 0 amide bonds. The molecule has 0 saturated carbocycles. The number of nitrogen functional groups attached to an aromatic ring is 1. The quantitative estimate of drug-likeness (QED) is 0.573. The number of thioether (sulfide) groups is 1. The maximum Gasteiger partial charge on any atom is 0.123 e. The van der Waals surface area contributed by atoms with E-state index in [0.29, 0.717) is 0 Å². The van der Waals surface area contributed by atoms with Crippen LogP contribution in [0.1, 0.15) is 5.56 Å². The highest BCUT2D eigenvalue weighted by molar-refractivity contribution is 9.10. The van der Waals surface area contributed by atoms with Crippen molar-refractivity contribution >= 4 is 49.3 Å². The summed E-state index contributed by atoms with van der Waals surface area (Å²) in [6, 6.07) is 12.1. The predicted molar refractivity (Wildman–Crippen MR) is 91.5 cm³/mol. The Morgan fingerprint density at radius 2 is 1.90 bits per heavy atom. The van der Waals surface area contributed by atoms with Crippen molar-refractivity contribution in [3.05, 3.63) is 50.9 Å². The molecular formula is C15H13Br2NOS. The van der Waals surface area contributed by atoms with Gasteiger partial charge in [0, 0.05) is 31.7 Å². The Morgan fingerprint density at radius 3 is 2.75 bits per heavy atom. The summed E-state index contributed by atoms with van der Waals surface area (Å²) in [4.78, 5) is 1.10. The van der Waals surface area contributed by atoms with Gasteiger partial charge in [0.1, 0.15) is 11.9 Å². The second-order valence-electron chi connectivity index (χ2n) is 4.69. The molecule has 0 bridgehead atoms. The van der Waals surface area contributed by atoms with Crippen LogP contribution in [0.4, 0.5) is 5.69 Å². The van der Waals surface area contributed by atoms with E-state index in [2.05, 4.69) is 44.0 Å². The normalized spacial score (nSPS) is 16.8. The van der Waals surface area contributed by atoms with Gasteiger partial charge in [-0.15, -0.1) is 11.8 Å². The molecule has 0 radical (unpaired) electrons. The van der Waals surface area contributed by atoms with Crippen LogP contribution in [0.15, 0.2) is 50.2 Å². The first-order valence-electron chi connectivity index (χ1n) is 6.25. The monoisotopic (exact) mass is 413 g/mol.